The third kappa shape index (κ3) is 1.62. The van der Waals surface area contributed by atoms with Gasteiger partial charge >= 0.3 is 5.97 Å². The first-order valence-corrected chi connectivity index (χ1v) is 4.88. The highest BCUT2D eigenvalue weighted by molar-refractivity contribution is 7.12. The molecule has 1 fully saturated rings. The highest BCUT2D eigenvalue weighted by Crippen LogP contribution is 2.21. The van der Waals surface area contributed by atoms with Crippen molar-refractivity contribution in [3.05, 3.63) is 22.4 Å². The van der Waals surface area contributed by atoms with Crippen molar-refractivity contribution in [2.75, 3.05) is 6.61 Å². The summed E-state index contributed by atoms with van der Waals surface area (Å²) in [5, 5.41) is 1.85. The quantitative estimate of drug-likeness (QED) is 0.531. The van der Waals surface area contributed by atoms with E-state index in [2.05, 4.69) is 0 Å². The normalized spacial score (nSPS) is 21.5. The molecule has 0 spiro atoms. The Morgan fingerprint density at radius 2 is 2.46 bits per heavy atom. The molecule has 0 aliphatic carbocycles. The predicted octanol–water partition coefficient (Wildman–Crippen LogP) is 1.49. The van der Waals surface area contributed by atoms with Crippen molar-refractivity contribution < 1.29 is 14.3 Å². The lowest BCUT2D eigenvalue weighted by Crippen LogP contribution is -2.13. The number of ketones is 1. The number of esters is 1. The molecular weight excluding hydrogens is 188 g/mol. The lowest BCUT2D eigenvalue weighted by molar-refractivity contribution is -0.137. The first-order chi connectivity index (χ1) is 6.27. The van der Waals surface area contributed by atoms with E-state index >= 15 is 0 Å². The number of carbonyl (C=O) groups excluding carboxylic acids is 2. The average Bonchev–Trinajstić information content (AvgIpc) is 2.72. The number of carbonyl (C=O) groups is 2. The Morgan fingerprint density at radius 1 is 1.62 bits per heavy atom. The summed E-state index contributed by atoms with van der Waals surface area (Å²) >= 11 is 1.40. The van der Waals surface area contributed by atoms with Gasteiger partial charge in [-0.1, -0.05) is 6.07 Å². The van der Waals surface area contributed by atoms with E-state index in [1.54, 1.807) is 6.07 Å². The van der Waals surface area contributed by atoms with Gasteiger partial charge in [0, 0.05) is 0 Å². The zero-order valence-electron chi connectivity index (χ0n) is 6.86. The zero-order valence-corrected chi connectivity index (χ0v) is 7.67. The topological polar surface area (TPSA) is 43.4 Å². The van der Waals surface area contributed by atoms with Crippen LogP contribution in [0.1, 0.15) is 16.1 Å². The second-order valence-electron chi connectivity index (χ2n) is 2.93. The third-order valence-electron chi connectivity index (χ3n) is 1.99. The number of thiophene rings is 1. The number of hydrogen-bond acceptors (Lipinski definition) is 4. The Balaban J connectivity index is 2.10. The minimum Gasteiger partial charge on any atom is -0.465 e. The highest BCUT2D eigenvalue weighted by atomic mass is 32.1. The van der Waals surface area contributed by atoms with Crippen LogP contribution in [0.5, 0.6) is 0 Å². The summed E-state index contributed by atoms with van der Waals surface area (Å²) in [6.07, 6.45) is 0.233. The molecule has 68 valence electrons. The standard InChI is InChI=1S/C9H8O3S/c10-8-4-6(5-12-8)9(11)7-2-1-3-13-7/h1-3,6H,4-5H2/t6-/m0/s1. The van der Waals surface area contributed by atoms with E-state index in [-0.39, 0.29) is 30.7 Å². The molecule has 0 bridgehead atoms. The Hall–Kier alpha value is -1.16. The van der Waals surface area contributed by atoms with Crippen LogP contribution >= 0.6 is 11.3 Å². The molecule has 1 aliphatic rings. The van der Waals surface area contributed by atoms with Gasteiger partial charge in [0.15, 0.2) is 5.78 Å². The molecule has 1 saturated heterocycles. The maximum atomic E-state index is 11.6. The first kappa shape index (κ1) is 8.44. The number of ether oxygens (including phenoxy) is 1. The lowest BCUT2D eigenvalue weighted by atomic mass is 10.0. The van der Waals surface area contributed by atoms with Gasteiger partial charge in [-0.2, -0.15) is 0 Å². The summed E-state index contributed by atoms with van der Waals surface area (Å²) in [6.45, 7) is 0.246. The van der Waals surface area contributed by atoms with Crippen LogP contribution in [0.25, 0.3) is 0 Å². The van der Waals surface area contributed by atoms with Crippen LogP contribution in [0.3, 0.4) is 0 Å². The van der Waals surface area contributed by atoms with Gasteiger partial charge in [-0.05, 0) is 11.4 Å². The largest absolute Gasteiger partial charge is 0.465 e. The molecule has 4 heteroatoms. The van der Waals surface area contributed by atoms with Crippen LogP contribution in [-0.2, 0) is 9.53 Å². The van der Waals surface area contributed by atoms with Gasteiger partial charge in [-0.3, -0.25) is 9.59 Å². The van der Waals surface area contributed by atoms with Crippen LogP contribution in [0.4, 0.5) is 0 Å². The van der Waals surface area contributed by atoms with Gasteiger partial charge in [0.1, 0.15) is 6.61 Å². The molecule has 0 unspecified atom stereocenters. The molecule has 0 saturated carbocycles. The van der Waals surface area contributed by atoms with Crippen LogP contribution in [0, 0.1) is 5.92 Å². The molecule has 0 amide bonds. The van der Waals surface area contributed by atoms with E-state index < -0.39 is 0 Å². The summed E-state index contributed by atoms with van der Waals surface area (Å²) < 4.78 is 4.73. The molecule has 0 radical (unpaired) electrons. The number of cyclic esters (lactones) is 1. The van der Waals surface area contributed by atoms with E-state index in [1.165, 1.54) is 11.3 Å². The molecule has 1 aromatic rings. The van der Waals surface area contributed by atoms with E-state index in [1.807, 2.05) is 11.4 Å². The van der Waals surface area contributed by atoms with Crippen molar-refractivity contribution in [3.63, 3.8) is 0 Å². The van der Waals surface area contributed by atoms with Gasteiger partial charge in [0.25, 0.3) is 0 Å². The maximum absolute atomic E-state index is 11.6. The molecule has 3 nitrogen and oxygen atoms in total. The Kier molecular flexibility index (Phi) is 2.14. The second-order valence-corrected chi connectivity index (χ2v) is 3.87. The van der Waals surface area contributed by atoms with Crippen molar-refractivity contribution in [3.8, 4) is 0 Å². The van der Waals surface area contributed by atoms with Crippen molar-refractivity contribution in [2.45, 2.75) is 6.42 Å². The number of Topliss-reactive ketones (excluding diaryl/α,β-unsaturated/α-hetero) is 1. The molecule has 0 N–H and O–H groups in total. The fourth-order valence-electron chi connectivity index (χ4n) is 1.30. The van der Waals surface area contributed by atoms with Crippen molar-refractivity contribution >= 4 is 23.1 Å². The predicted molar refractivity (Wildman–Crippen MR) is 47.7 cm³/mol. The number of hydrogen-bond donors (Lipinski definition) is 0. The Labute approximate surface area is 79.3 Å². The van der Waals surface area contributed by atoms with Crippen molar-refractivity contribution in [2.24, 2.45) is 5.92 Å². The van der Waals surface area contributed by atoms with Crippen LogP contribution in [-0.4, -0.2) is 18.4 Å². The third-order valence-corrected chi connectivity index (χ3v) is 2.88. The van der Waals surface area contributed by atoms with Crippen LogP contribution < -0.4 is 0 Å². The molecular formula is C9H8O3S. The van der Waals surface area contributed by atoms with E-state index in [4.69, 9.17) is 4.74 Å². The van der Waals surface area contributed by atoms with E-state index in [0.29, 0.717) is 4.88 Å². The maximum Gasteiger partial charge on any atom is 0.306 e. The minimum atomic E-state index is -0.269. The summed E-state index contributed by atoms with van der Waals surface area (Å²) in [5.41, 5.74) is 0. The molecule has 1 atom stereocenters. The fourth-order valence-corrected chi connectivity index (χ4v) is 2.04. The van der Waals surface area contributed by atoms with Crippen LogP contribution in [0.2, 0.25) is 0 Å². The SMILES string of the molecule is O=C1C[C@H](C(=O)c2cccs2)CO1. The summed E-state index contributed by atoms with van der Waals surface area (Å²) in [6, 6.07) is 3.60. The lowest BCUT2D eigenvalue weighted by Gasteiger charge is -2.00. The molecule has 1 aliphatic heterocycles. The molecule has 1 aromatic heterocycles. The smallest absolute Gasteiger partial charge is 0.306 e. The van der Waals surface area contributed by atoms with Gasteiger partial charge in [0.05, 0.1) is 17.2 Å². The fraction of sp³-hybridized carbons (Fsp3) is 0.333. The molecule has 2 heterocycles. The summed E-state index contributed by atoms with van der Waals surface area (Å²) in [7, 11) is 0. The Morgan fingerprint density at radius 3 is 3.00 bits per heavy atom. The van der Waals surface area contributed by atoms with E-state index in [9.17, 15) is 9.59 Å². The van der Waals surface area contributed by atoms with E-state index in [0.717, 1.165) is 0 Å². The van der Waals surface area contributed by atoms with Gasteiger partial charge < -0.3 is 4.74 Å². The summed E-state index contributed by atoms with van der Waals surface area (Å²) in [5.74, 6) is -0.498. The Bertz CT molecular complexity index is 329. The molecule has 13 heavy (non-hydrogen) atoms. The average molecular weight is 196 g/mol. The van der Waals surface area contributed by atoms with Gasteiger partial charge in [0.2, 0.25) is 0 Å². The summed E-state index contributed by atoms with van der Waals surface area (Å²) in [4.78, 5) is 23.1. The van der Waals surface area contributed by atoms with Crippen LogP contribution in [0.15, 0.2) is 17.5 Å². The second kappa shape index (κ2) is 3.30. The minimum absolute atomic E-state index is 0.0286. The molecule has 0 aromatic carbocycles. The van der Waals surface area contributed by atoms with Gasteiger partial charge in [-0.15, -0.1) is 11.3 Å². The monoisotopic (exact) mass is 196 g/mol. The first-order valence-electron chi connectivity index (χ1n) is 4.00. The van der Waals surface area contributed by atoms with Crippen molar-refractivity contribution in [1.29, 1.82) is 0 Å². The van der Waals surface area contributed by atoms with Gasteiger partial charge in [-0.25, -0.2) is 0 Å². The van der Waals surface area contributed by atoms with Crippen molar-refractivity contribution in [1.82, 2.24) is 0 Å². The highest BCUT2D eigenvalue weighted by Gasteiger charge is 2.30. The number of rotatable bonds is 2. The molecule has 2 rings (SSSR count). The zero-order chi connectivity index (χ0) is 9.26.